The lowest BCUT2D eigenvalue weighted by Crippen LogP contribution is -2.21. The summed E-state index contributed by atoms with van der Waals surface area (Å²) in [4.78, 5) is 41.9. The van der Waals surface area contributed by atoms with Crippen LogP contribution in [-0.2, 0) is 9.53 Å². The van der Waals surface area contributed by atoms with E-state index in [1.807, 2.05) is 34.5 Å². The third-order valence-electron chi connectivity index (χ3n) is 5.06. The number of amides is 1. The number of aromatic nitrogens is 1. The molecule has 3 aromatic rings. The van der Waals surface area contributed by atoms with Gasteiger partial charge in [0.25, 0.3) is 11.6 Å². The van der Waals surface area contributed by atoms with Gasteiger partial charge in [-0.25, -0.2) is 9.78 Å². The molecule has 2 heterocycles. The van der Waals surface area contributed by atoms with Crippen LogP contribution in [0.15, 0.2) is 52.3 Å². The molecule has 4 rings (SSSR count). The first kappa shape index (κ1) is 22.9. The van der Waals surface area contributed by atoms with Crippen LogP contribution in [0.5, 0.6) is 0 Å². The predicted octanol–water partition coefficient (Wildman–Crippen LogP) is 4.88. The number of nitrogens with one attached hydrogen (secondary N) is 1. The molecule has 9 nitrogen and oxygen atoms in total. The van der Waals surface area contributed by atoms with Crippen molar-refractivity contribution in [3.8, 4) is 11.3 Å². The van der Waals surface area contributed by atoms with E-state index in [9.17, 15) is 19.7 Å². The van der Waals surface area contributed by atoms with Gasteiger partial charge in [-0.15, -0.1) is 11.3 Å². The highest BCUT2D eigenvalue weighted by Gasteiger charge is 2.24. The summed E-state index contributed by atoms with van der Waals surface area (Å²) in [6.07, 6.45) is 1.94. The molecule has 0 saturated carbocycles. The third-order valence-corrected chi connectivity index (χ3v) is 6.31. The topological polar surface area (TPSA) is 115 Å². The fourth-order valence-corrected chi connectivity index (χ4v) is 4.64. The molecule has 1 amide bonds. The van der Waals surface area contributed by atoms with Gasteiger partial charge in [0.05, 0.1) is 16.2 Å². The summed E-state index contributed by atoms with van der Waals surface area (Å²) in [6, 6.07) is 11.8. The first-order valence-corrected chi connectivity index (χ1v) is 11.8. The van der Waals surface area contributed by atoms with Gasteiger partial charge in [-0.3, -0.25) is 20.2 Å². The van der Waals surface area contributed by atoms with Crippen LogP contribution in [0.1, 0.15) is 23.2 Å². The lowest BCUT2D eigenvalue weighted by Gasteiger charge is -2.17. The highest BCUT2D eigenvalue weighted by Crippen LogP contribution is 2.32. The Hall–Kier alpha value is -3.31. The second-order valence-electron chi connectivity index (χ2n) is 7.33. The zero-order valence-electron chi connectivity index (χ0n) is 17.3. The number of ether oxygens (including phenoxy) is 1. The highest BCUT2D eigenvalue weighted by atomic mass is 79.9. The van der Waals surface area contributed by atoms with Gasteiger partial charge in [0.1, 0.15) is 5.69 Å². The number of nitro benzene ring substituents is 1. The SMILES string of the molecule is O=C(COC(=O)c1ccc(N2CCCC2)c([N+](=O)[O-])c1)Nc1nc(-c2cccc(Br)c2)cs1. The number of halogens is 1. The van der Waals surface area contributed by atoms with Crippen molar-refractivity contribution >= 4 is 55.6 Å². The van der Waals surface area contributed by atoms with Crippen LogP contribution in [0.2, 0.25) is 0 Å². The van der Waals surface area contributed by atoms with Crippen LogP contribution < -0.4 is 10.2 Å². The summed E-state index contributed by atoms with van der Waals surface area (Å²) >= 11 is 4.66. The van der Waals surface area contributed by atoms with Crippen LogP contribution in [0.25, 0.3) is 11.3 Å². The van der Waals surface area contributed by atoms with Crippen LogP contribution in [0.4, 0.5) is 16.5 Å². The lowest BCUT2D eigenvalue weighted by atomic mass is 10.1. The minimum Gasteiger partial charge on any atom is -0.452 e. The number of hydrogen-bond donors (Lipinski definition) is 1. The maximum Gasteiger partial charge on any atom is 0.338 e. The van der Waals surface area contributed by atoms with Gasteiger partial charge in [0.15, 0.2) is 11.7 Å². The molecule has 0 aliphatic carbocycles. The van der Waals surface area contributed by atoms with E-state index in [4.69, 9.17) is 4.74 Å². The van der Waals surface area contributed by atoms with E-state index in [1.54, 1.807) is 6.07 Å². The van der Waals surface area contributed by atoms with E-state index in [0.29, 0.717) is 16.5 Å². The van der Waals surface area contributed by atoms with Crippen LogP contribution in [0.3, 0.4) is 0 Å². The second kappa shape index (κ2) is 10.1. The Morgan fingerprint density at radius 1 is 1.21 bits per heavy atom. The molecule has 1 aliphatic heterocycles. The number of hydrogen-bond acceptors (Lipinski definition) is 8. The quantitative estimate of drug-likeness (QED) is 0.263. The first-order chi connectivity index (χ1) is 15.9. The van der Waals surface area contributed by atoms with E-state index in [2.05, 4.69) is 26.2 Å². The summed E-state index contributed by atoms with van der Waals surface area (Å²) in [5, 5.41) is 16.3. The molecule has 11 heteroatoms. The van der Waals surface area contributed by atoms with E-state index >= 15 is 0 Å². The van der Waals surface area contributed by atoms with E-state index in [-0.39, 0.29) is 11.3 Å². The fraction of sp³-hybridized carbons (Fsp3) is 0.227. The van der Waals surface area contributed by atoms with Gasteiger partial charge in [-0.05, 0) is 37.1 Å². The van der Waals surface area contributed by atoms with E-state index in [1.165, 1.54) is 23.5 Å². The minimum absolute atomic E-state index is 0.0173. The molecule has 0 radical (unpaired) electrons. The summed E-state index contributed by atoms with van der Waals surface area (Å²) in [6.45, 7) is 0.946. The van der Waals surface area contributed by atoms with Crippen molar-refractivity contribution in [1.29, 1.82) is 0 Å². The van der Waals surface area contributed by atoms with Crippen molar-refractivity contribution < 1.29 is 19.2 Å². The third kappa shape index (κ3) is 5.55. The Morgan fingerprint density at radius 3 is 2.73 bits per heavy atom. The van der Waals surface area contributed by atoms with Gasteiger partial charge in [-0.2, -0.15) is 0 Å². The molecule has 0 atom stereocenters. The van der Waals surface area contributed by atoms with Crippen LogP contribution in [-0.4, -0.2) is 41.5 Å². The molecule has 0 unspecified atom stereocenters. The average Bonchev–Trinajstić information content (AvgIpc) is 3.49. The molecule has 33 heavy (non-hydrogen) atoms. The molecule has 1 aliphatic rings. The molecule has 0 bridgehead atoms. The zero-order chi connectivity index (χ0) is 23.4. The van der Waals surface area contributed by atoms with Crippen molar-refractivity contribution in [2.24, 2.45) is 0 Å². The smallest absolute Gasteiger partial charge is 0.338 e. The van der Waals surface area contributed by atoms with Crippen molar-refractivity contribution in [3.05, 3.63) is 68.0 Å². The highest BCUT2D eigenvalue weighted by molar-refractivity contribution is 9.10. The number of nitro groups is 1. The summed E-state index contributed by atoms with van der Waals surface area (Å²) < 4.78 is 5.97. The minimum atomic E-state index is -0.810. The van der Waals surface area contributed by atoms with E-state index < -0.39 is 23.4 Å². The largest absolute Gasteiger partial charge is 0.452 e. The number of rotatable bonds is 7. The number of benzene rings is 2. The molecular weight excluding hydrogens is 512 g/mol. The molecule has 2 aromatic carbocycles. The molecule has 1 fully saturated rings. The average molecular weight is 531 g/mol. The first-order valence-electron chi connectivity index (χ1n) is 10.1. The Labute approximate surface area is 201 Å². The van der Waals surface area contributed by atoms with Crippen LogP contribution >= 0.6 is 27.3 Å². The monoisotopic (exact) mass is 530 g/mol. The Balaban J connectivity index is 1.36. The molecule has 0 spiro atoms. The van der Waals surface area contributed by atoms with Gasteiger partial charge in [0.2, 0.25) is 0 Å². The van der Waals surface area contributed by atoms with Crippen molar-refractivity contribution in [2.45, 2.75) is 12.8 Å². The van der Waals surface area contributed by atoms with Crippen molar-refractivity contribution in [2.75, 3.05) is 29.9 Å². The van der Waals surface area contributed by atoms with Crippen molar-refractivity contribution in [3.63, 3.8) is 0 Å². The summed E-state index contributed by atoms with van der Waals surface area (Å²) in [7, 11) is 0. The maximum atomic E-state index is 12.4. The molecule has 1 N–H and O–H groups in total. The second-order valence-corrected chi connectivity index (χ2v) is 9.10. The van der Waals surface area contributed by atoms with Gasteiger partial charge >= 0.3 is 5.97 Å². The number of esters is 1. The fourth-order valence-electron chi connectivity index (χ4n) is 3.50. The van der Waals surface area contributed by atoms with E-state index in [0.717, 1.165) is 36.0 Å². The maximum absolute atomic E-state index is 12.4. The van der Waals surface area contributed by atoms with Crippen molar-refractivity contribution in [1.82, 2.24) is 4.98 Å². The Kier molecular flexibility index (Phi) is 6.99. The number of carbonyl (C=O) groups is 2. The Bertz CT molecular complexity index is 1210. The van der Waals surface area contributed by atoms with Gasteiger partial charge in [0, 0.05) is 34.6 Å². The zero-order valence-corrected chi connectivity index (χ0v) is 19.7. The number of carbonyl (C=O) groups excluding carboxylic acids is 2. The van der Waals surface area contributed by atoms with Crippen LogP contribution in [0, 0.1) is 10.1 Å². The number of anilines is 2. The van der Waals surface area contributed by atoms with Gasteiger partial charge in [-0.1, -0.05) is 28.1 Å². The molecule has 1 saturated heterocycles. The predicted molar refractivity (Wildman–Crippen MR) is 129 cm³/mol. The molecule has 170 valence electrons. The normalized spacial score (nSPS) is 13.1. The Morgan fingerprint density at radius 2 is 2.00 bits per heavy atom. The molecular formula is C22H19BrN4O5S. The number of thiazole rings is 1. The number of nitrogens with zero attached hydrogens (tertiary/aromatic N) is 3. The van der Waals surface area contributed by atoms with Gasteiger partial charge < -0.3 is 9.64 Å². The molecule has 1 aromatic heterocycles. The summed E-state index contributed by atoms with van der Waals surface area (Å²) in [5.74, 6) is -1.36. The standard InChI is InChI=1S/C22H19BrN4O5S/c23-16-5-3-4-14(10-16)17-13-33-22(24-17)25-20(28)12-32-21(29)15-6-7-18(19(11-15)27(30)31)26-8-1-2-9-26/h3-7,10-11,13H,1-2,8-9,12H2,(H,24,25,28). The lowest BCUT2D eigenvalue weighted by molar-refractivity contribution is -0.384. The summed E-state index contributed by atoms with van der Waals surface area (Å²) in [5.41, 5.74) is 1.95.